The number of aromatic nitrogens is 1. The Labute approximate surface area is 114 Å². The molecule has 2 rings (SSSR count). The third-order valence-corrected chi connectivity index (χ3v) is 5.27. The number of carboxylic acids is 1. The van der Waals surface area contributed by atoms with Crippen molar-refractivity contribution in [3.8, 4) is 0 Å². The lowest BCUT2D eigenvalue weighted by Crippen LogP contribution is -2.28. The van der Waals surface area contributed by atoms with Gasteiger partial charge in [-0.15, -0.1) is 11.3 Å². The number of nitrogens with zero attached hydrogens (tertiary/aromatic N) is 2. The van der Waals surface area contributed by atoms with E-state index in [0.29, 0.717) is 0 Å². The molecule has 6 nitrogen and oxygen atoms in total. The van der Waals surface area contributed by atoms with E-state index in [1.165, 1.54) is 30.8 Å². The van der Waals surface area contributed by atoms with E-state index in [1.807, 2.05) is 0 Å². The molecule has 0 amide bonds. The van der Waals surface area contributed by atoms with Crippen molar-refractivity contribution in [1.29, 1.82) is 0 Å². The highest BCUT2D eigenvalue weighted by atomic mass is 32.2. The number of sulfonamides is 1. The van der Waals surface area contributed by atoms with Crippen LogP contribution in [0.3, 0.4) is 0 Å². The molecule has 8 heteroatoms. The molecular weight excluding hydrogens is 288 g/mol. The molecule has 0 aliphatic rings. The molecule has 0 atom stereocenters. The molecule has 2 aromatic heterocycles. The van der Waals surface area contributed by atoms with Gasteiger partial charge in [0.2, 0.25) is 0 Å². The molecule has 0 spiro atoms. The Bertz CT molecular complexity index is 694. The van der Waals surface area contributed by atoms with Gasteiger partial charge < -0.3 is 5.11 Å². The van der Waals surface area contributed by atoms with Crippen LogP contribution >= 0.6 is 11.3 Å². The van der Waals surface area contributed by atoms with Gasteiger partial charge in [-0.25, -0.2) is 18.2 Å². The summed E-state index contributed by atoms with van der Waals surface area (Å²) in [6.45, 7) is 0. The van der Waals surface area contributed by atoms with Crippen LogP contribution in [0.15, 0.2) is 40.7 Å². The summed E-state index contributed by atoms with van der Waals surface area (Å²) >= 11 is 0.871. The number of aromatic carboxylic acids is 1. The van der Waals surface area contributed by atoms with Crippen molar-refractivity contribution in [2.45, 2.75) is 4.90 Å². The van der Waals surface area contributed by atoms with Crippen molar-refractivity contribution in [2.24, 2.45) is 0 Å². The lowest BCUT2D eigenvalue weighted by molar-refractivity contribution is 0.0698. The minimum atomic E-state index is -3.92. The minimum Gasteiger partial charge on any atom is -0.477 e. The summed E-state index contributed by atoms with van der Waals surface area (Å²) in [5.74, 6) is -1.03. The van der Waals surface area contributed by atoms with Crippen LogP contribution in [0.25, 0.3) is 0 Å². The predicted molar refractivity (Wildman–Crippen MR) is 71.1 cm³/mol. The number of rotatable bonds is 4. The third-order valence-electron chi connectivity index (χ3n) is 2.43. The van der Waals surface area contributed by atoms with Crippen molar-refractivity contribution in [3.05, 3.63) is 40.7 Å². The zero-order chi connectivity index (χ0) is 14.0. The maximum Gasteiger partial charge on any atom is 0.347 e. The number of carbonyl (C=O) groups is 1. The normalized spacial score (nSPS) is 11.2. The number of hydrogen-bond donors (Lipinski definition) is 1. The zero-order valence-electron chi connectivity index (χ0n) is 9.85. The van der Waals surface area contributed by atoms with Crippen molar-refractivity contribution < 1.29 is 18.3 Å². The molecule has 19 heavy (non-hydrogen) atoms. The number of pyridine rings is 1. The van der Waals surface area contributed by atoms with Gasteiger partial charge in [0.1, 0.15) is 15.6 Å². The maximum atomic E-state index is 12.3. The van der Waals surface area contributed by atoms with Crippen molar-refractivity contribution in [3.63, 3.8) is 0 Å². The van der Waals surface area contributed by atoms with E-state index < -0.39 is 16.0 Å². The summed E-state index contributed by atoms with van der Waals surface area (Å²) in [5.41, 5.74) is 0. The first kappa shape index (κ1) is 13.5. The Kier molecular flexibility index (Phi) is 3.54. The van der Waals surface area contributed by atoms with Crippen LogP contribution in [0.5, 0.6) is 0 Å². The number of carboxylic acid groups (broad SMARTS) is 1. The van der Waals surface area contributed by atoms with E-state index in [9.17, 15) is 13.2 Å². The molecule has 0 saturated heterocycles. The van der Waals surface area contributed by atoms with Gasteiger partial charge in [-0.1, -0.05) is 6.07 Å². The fourth-order valence-electron chi connectivity index (χ4n) is 1.47. The fourth-order valence-corrected chi connectivity index (χ4v) is 3.85. The second kappa shape index (κ2) is 4.98. The van der Waals surface area contributed by atoms with Gasteiger partial charge in [0.15, 0.2) is 0 Å². The lowest BCUT2D eigenvalue weighted by atomic mass is 10.5. The largest absolute Gasteiger partial charge is 0.477 e. The first-order valence-electron chi connectivity index (χ1n) is 5.15. The van der Waals surface area contributed by atoms with Gasteiger partial charge in [0.25, 0.3) is 10.0 Å². The van der Waals surface area contributed by atoms with Crippen molar-refractivity contribution in [1.82, 2.24) is 4.98 Å². The standard InChI is InChI=1S/C11H10N2O4S2/c1-13(9-4-2-3-6-12-9)19(16,17)8-5-7-18-10(8)11(14)15/h2-7H,1H3,(H,14,15). The second-order valence-electron chi connectivity index (χ2n) is 3.58. The Hall–Kier alpha value is -1.93. The molecule has 0 unspecified atom stereocenters. The molecule has 1 N–H and O–H groups in total. The van der Waals surface area contributed by atoms with E-state index in [2.05, 4.69) is 4.98 Å². The SMILES string of the molecule is CN(c1ccccn1)S(=O)(=O)c1ccsc1C(=O)O. The molecule has 0 aliphatic heterocycles. The quantitative estimate of drug-likeness (QED) is 0.927. The van der Waals surface area contributed by atoms with E-state index in [1.54, 1.807) is 12.1 Å². The molecule has 0 aromatic carbocycles. The van der Waals surface area contributed by atoms with E-state index in [-0.39, 0.29) is 15.6 Å². The highest BCUT2D eigenvalue weighted by Crippen LogP contribution is 2.26. The van der Waals surface area contributed by atoms with E-state index in [0.717, 1.165) is 15.6 Å². The summed E-state index contributed by atoms with van der Waals surface area (Å²) in [7, 11) is -2.59. The van der Waals surface area contributed by atoms with Gasteiger partial charge in [0.05, 0.1) is 0 Å². The van der Waals surface area contributed by atoms with E-state index >= 15 is 0 Å². The summed E-state index contributed by atoms with van der Waals surface area (Å²) in [5, 5.41) is 10.4. The summed E-state index contributed by atoms with van der Waals surface area (Å²) in [6.07, 6.45) is 1.47. The third kappa shape index (κ3) is 2.45. The van der Waals surface area contributed by atoms with Crippen molar-refractivity contribution in [2.75, 3.05) is 11.4 Å². The molecule has 0 aliphatic carbocycles. The Morgan fingerprint density at radius 2 is 2.11 bits per heavy atom. The Morgan fingerprint density at radius 3 is 2.68 bits per heavy atom. The molecule has 2 aromatic rings. The van der Waals surface area contributed by atoms with Gasteiger partial charge in [-0.2, -0.15) is 0 Å². The number of hydrogen-bond acceptors (Lipinski definition) is 5. The first-order valence-corrected chi connectivity index (χ1v) is 7.47. The summed E-state index contributed by atoms with van der Waals surface area (Å²) in [6, 6.07) is 6.13. The minimum absolute atomic E-state index is 0.206. The van der Waals surface area contributed by atoms with Gasteiger partial charge >= 0.3 is 5.97 Å². The highest BCUT2D eigenvalue weighted by molar-refractivity contribution is 7.93. The summed E-state index contributed by atoms with van der Waals surface area (Å²) in [4.78, 5) is 14.5. The van der Waals surface area contributed by atoms with Crippen molar-refractivity contribution >= 4 is 33.1 Å². The molecule has 0 bridgehead atoms. The van der Waals surface area contributed by atoms with Gasteiger partial charge in [-0.3, -0.25) is 4.31 Å². The zero-order valence-corrected chi connectivity index (χ0v) is 11.5. The smallest absolute Gasteiger partial charge is 0.347 e. The van der Waals surface area contributed by atoms with Crippen LogP contribution in [0.1, 0.15) is 9.67 Å². The van der Waals surface area contributed by atoms with Crippen LogP contribution in [-0.4, -0.2) is 31.5 Å². The van der Waals surface area contributed by atoms with Gasteiger partial charge in [-0.05, 0) is 23.6 Å². The van der Waals surface area contributed by atoms with Crippen LogP contribution < -0.4 is 4.31 Å². The second-order valence-corrected chi connectivity index (χ2v) is 6.43. The monoisotopic (exact) mass is 298 g/mol. The topological polar surface area (TPSA) is 87.6 Å². The predicted octanol–water partition coefficient (Wildman–Crippen LogP) is 1.67. The Balaban J connectivity index is 2.49. The molecule has 100 valence electrons. The number of anilines is 1. The highest BCUT2D eigenvalue weighted by Gasteiger charge is 2.28. The molecule has 0 saturated carbocycles. The summed E-state index contributed by atoms with van der Waals surface area (Å²) < 4.78 is 25.7. The molecule has 0 fully saturated rings. The molecule has 2 heterocycles. The average molecular weight is 298 g/mol. The van der Waals surface area contributed by atoms with Crippen LogP contribution in [0.4, 0.5) is 5.82 Å². The molecular formula is C11H10N2O4S2. The lowest BCUT2D eigenvalue weighted by Gasteiger charge is -2.17. The fraction of sp³-hybridized carbons (Fsp3) is 0.0909. The van der Waals surface area contributed by atoms with Crippen LogP contribution in [-0.2, 0) is 10.0 Å². The average Bonchev–Trinajstić information content (AvgIpc) is 2.89. The van der Waals surface area contributed by atoms with Crippen LogP contribution in [0, 0.1) is 0 Å². The first-order chi connectivity index (χ1) is 8.94. The Morgan fingerprint density at radius 1 is 1.37 bits per heavy atom. The molecule has 0 radical (unpaired) electrons. The van der Waals surface area contributed by atoms with E-state index in [4.69, 9.17) is 5.11 Å². The van der Waals surface area contributed by atoms with Crippen LogP contribution in [0.2, 0.25) is 0 Å². The number of thiophene rings is 1. The maximum absolute atomic E-state index is 12.3. The van der Waals surface area contributed by atoms with Gasteiger partial charge in [0, 0.05) is 13.2 Å².